The van der Waals surface area contributed by atoms with Crippen molar-refractivity contribution >= 4 is 5.97 Å². The molecule has 4 nitrogen and oxygen atoms in total. The van der Waals surface area contributed by atoms with E-state index in [-0.39, 0.29) is 5.69 Å². The zero-order valence-electron chi connectivity index (χ0n) is 12.4. The van der Waals surface area contributed by atoms with Gasteiger partial charge in [-0.25, -0.2) is 9.78 Å². The highest BCUT2D eigenvalue weighted by Crippen LogP contribution is 2.25. The van der Waals surface area contributed by atoms with Gasteiger partial charge < -0.3 is 5.11 Å². The molecule has 1 N–H and O–H groups in total. The number of hydrogen-bond donors (Lipinski definition) is 1. The Morgan fingerprint density at radius 2 is 2.20 bits per heavy atom. The first-order valence-corrected chi connectivity index (χ1v) is 7.48. The molecule has 1 fully saturated rings. The van der Waals surface area contributed by atoms with E-state index in [0.717, 1.165) is 37.2 Å². The van der Waals surface area contributed by atoms with Crippen LogP contribution in [0.15, 0.2) is 18.2 Å². The number of likely N-dealkylation sites (tertiary alicyclic amines) is 1. The van der Waals surface area contributed by atoms with Gasteiger partial charge in [-0.15, -0.1) is 0 Å². The summed E-state index contributed by atoms with van der Waals surface area (Å²) < 4.78 is 0. The Labute approximate surface area is 120 Å². The lowest BCUT2D eigenvalue weighted by atomic mass is 9.89. The third-order valence-electron chi connectivity index (χ3n) is 4.22. The van der Waals surface area contributed by atoms with E-state index in [1.54, 1.807) is 12.1 Å². The van der Waals surface area contributed by atoms with Crippen LogP contribution in [0.2, 0.25) is 0 Å². The van der Waals surface area contributed by atoms with E-state index in [0.29, 0.717) is 0 Å². The summed E-state index contributed by atoms with van der Waals surface area (Å²) in [5.74, 6) is 0.615. The summed E-state index contributed by atoms with van der Waals surface area (Å²) in [5, 5.41) is 8.98. The number of nitrogens with zero attached hydrogens (tertiary/aromatic N) is 2. The smallest absolute Gasteiger partial charge is 0.354 e. The highest BCUT2D eigenvalue weighted by Gasteiger charge is 2.19. The maximum absolute atomic E-state index is 10.9. The number of aromatic nitrogens is 1. The van der Waals surface area contributed by atoms with Gasteiger partial charge in [-0.05, 0) is 56.3 Å². The summed E-state index contributed by atoms with van der Waals surface area (Å²) in [5.41, 5.74) is 0.991. The van der Waals surface area contributed by atoms with Gasteiger partial charge in [0.2, 0.25) is 0 Å². The lowest BCUT2D eigenvalue weighted by molar-refractivity contribution is 0.0690. The molecular formula is C16H24N2O2. The second-order valence-corrected chi connectivity index (χ2v) is 6.03. The summed E-state index contributed by atoms with van der Waals surface area (Å²) in [7, 11) is 0. The van der Waals surface area contributed by atoms with Crippen molar-refractivity contribution in [2.24, 2.45) is 11.8 Å². The molecule has 4 heteroatoms. The zero-order valence-corrected chi connectivity index (χ0v) is 12.4. The predicted octanol–water partition coefficient (Wildman–Crippen LogP) is 3.04. The maximum atomic E-state index is 10.9. The minimum Gasteiger partial charge on any atom is -0.477 e. The number of hydrogen-bond acceptors (Lipinski definition) is 3. The first-order chi connectivity index (χ1) is 9.56. The van der Waals surface area contributed by atoms with Gasteiger partial charge in [0.1, 0.15) is 5.69 Å². The van der Waals surface area contributed by atoms with Gasteiger partial charge in [-0.3, -0.25) is 4.90 Å². The van der Waals surface area contributed by atoms with Crippen LogP contribution in [0.4, 0.5) is 0 Å². The summed E-state index contributed by atoms with van der Waals surface area (Å²) in [6.45, 7) is 7.53. The highest BCUT2D eigenvalue weighted by molar-refractivity contribution is 5.85. The van der Waals surface area contributed by atoms with Crippen LogP contribution in [0.5, 0.6) is 0 Å². The molecule has 0 saturated carbocycles. The SMILES string of the molecule is CC(C)C1CCCN(Cc2cccc(C(=O)O)n2)CC1. The molecule has 1 aliphatic rings. The molecule has 20 heavy (non-hydrogen) atoms. The van der Waals surface area contributed by atoms with Crippen molar-refractivity contribution in [3.63, 3.8) is 0 Å². The Bertz CT molecular complexity index is 460. The van der Waals surface area contributed by atoms with Crippen LogP contribution >= 0.6 is 0 Å². The maximum Gasteiger partial charge on any atom is 0.354 e. The monoisotopic (exact) mass is 276 g/mol. The number of rotatable bonds is 4. The Kier molecular flexibility index (Phi) is 5.12. The van der Waals surface area contributed by atoms with Crippen molar-refractivity contribution in [1.82, 2.24) is 9.88 Å². The Morgan fingerprint density at radius 3 is 2.90 bits per heavy atom. The lowest BCUT2D eigenvalue weighted by Crippen LogP contribution is -2.25. The first kappa shape index (κ1) is 15.0. The Balaban J connectivity index is 1.96. The number of carboxylic acid groups (broad SMARTS) is 1. The van der Waals surface area contributed by atoms with Crippen LogP contribution in [-0.2, 0) is 6.54 Å². The van der Waals surface area contributed by atoms with E-state index in [4.69, 9.17) is 5.11 Å². The van der Waals surface area contributed by atoms with Gasteiger partial charge in [-0.1, -0.05) is 19.9 Å². The molecule has 0 aromatic carbocycles. The molecule has 1 unspecified atom stereocenters. The summed E-state index contributed by atoms with van der Waals surface area (Å²) in [6, 6.07) is 5.24. The van der Waals surface area contributed by atoms with Gasteiger partial charge in [0, 0.05) is 6.54 Å². The minimum atomic E-state index is -0.956. The molecule has 0 bridgehead atoms. The van der Waals surface area contributed by atoms with Crippen molar-refractivity contribution in [3.05, 3.63) is 29.6 Å². The van der Waals surface area contributed by atoms with Gasteiger partial charge in [-0.2, -0.15) is 0 Å². The standard InChI is InChI=1S/C16H24N2O2/c1-12(2)13-5-4-9-18(10-8-13)11-14-6-3-7-15(17-14)16(19)20/h3,6-7,12-13H,4-5,8-11H2,1-2H3,(H,19,20). The summed E-state index contributed by atoms with van der Waals surface area (Å²) in [4.78, 5) is 17.6. The molecule has 0 spiro atoms. The quantitative estimate of drug-likeness (QED) is 0.918. The van der Waals surface area contributed by atoms with E-state index < -0.39 is 5.97 Å². The van der Waals surface area contributed by atoms with E-state index in [9.17, 15) is 4.79 Å². The van der Waals surface area contributed by atoms with Gasteiger partial charge in [0.05, 0.1) is 5.69 Å². The Morgan fingerprint density at radius 1 is 1.40 bits per heavy atom. The second kappa shape index (κ2) is 6.84. The summed E-state index contributed by atoms with van der Waals surface area (Å²) >= 11 is 0. The van der Waals surface area contributed by atoms with Crippen molar-refractivity contribution in [2.75, 3.05) is 13.1 Å². The number of carbonyl (C=O) groups is 1. The van der Waals surface area contributed by atoms with Crippen LogP contribution in [0.3, 0.4) is 0 Å². The average molecular weight is 276 g/mol. The molecular weight excluding hydrogens is 252 g/mol. The molecule has 1 aromatic rings. The molecule has 1 aliphatic heterocycles. The van der Waals surface area contributed by atoms with Crippen LogP contribution in [0.1, 0.15) is 49.3 Å². The molecule has 1 aromatic heterocycles. The van der Waals surface area contributed by atoms with Crippen LogP contribution in [0.25, 0.3) is 0 Å². The molecule has 110 valence electrons. The normalized spacial score (nSPS) is 20.9. The number of aromatic carboxylic acids is 1. The molecule has 0 amide bonds. The summed E-state index contributed by atoms with van der Waals surface area (Å²) in [6.07, 6.45) is 3.76. The van der Waals surface area contributed by atoms with Crippen molar-refractivity contribution < 1.29 is 9.90 Å². The molecule has 0 radical (unpaired) electrons. The zero-order chi connectivity index (χ0) is 14.5. The minimum absolute atomic E-state index is 0.136. The third-order valence-corrected chi connectivity index (χ3v) is 4.22. The molecule has 1 saturated heterocycles. The van der Waals surface area contributed by atoms with Gasteiger partial charge >= 0.3 is 5.97 Å². The van der Waals surface area contributed by atoms with E-state index >= 15 is 0 Å². The number of pyridine rings is 1. The molecule has 1 atom stereocenters. The van der Waals surface area contributed by atoms with E-state index in [1.165, 1.54) is 19.3 Å². The highest BCUT2D eigenvalue weighted by atomic mass is 16.4. The number of carboxylic acids is 1. The fraction of sp³-hybridized carbons (Fsp3) is 0.625. The average Bonchev–Trinajstić information content (AvgIpc) is 2.65. The lowest BCUT2D eigenvalue weighted by Gasteiger charge is -2.21. The van der Waals surface area contributed by atoms with Gasteiger partial charge in [0.25, 0.3) is 0 Å². The third kappa shape index (κ3) is 4.04. The molecule has 2 heterocycles. The fourth-order valence-corrected chi connectivity index (χ4v) is 2.92. The van der Waals surface area contributed by atoms with Crippen molar-refractivity contribution in [1.29, 1.82) is 0 Å². The fourth-order valence-electron chi connectivity index (χ4n) is 2.92. The predicted molar refractivity (Wildman–Crippen MR) is 78.7 cm³/mol. The van der Waals surface area contributed by atoms with E-state index in [1.807, 2.05) is 6.07 Å². The second-order valence-electron chi connectivity index (χ2n) is 6.03. The van der Waals surface area contributed by atoms with Crippen LogP contribution < -0.4 is 0 Å². The topological polar surface area (TPSA) is 53.4 Å². The Hall–Kier alpha value is -1.42. The van der Waals surface area contributed by atoms with Gasteiger partial charge in [0.15, 0.2) is 0 Å². The van der Waals surface area contributed by atoms with E-state index in [2.05, 4.69) is 23.7 Å². The van der Waals surface area contributed by atoms with Crippen LogP contribution in [0, 0.1) is 11.8 Å². The van der Waals surface area contributed by atoms with Crippen molar-refractivity contribution in [3.8, 4) is 0 Å². The largest absolute Gasteiger partial charge is 0.477 e. The first-order valence-electron chi connectivity index (χ1n) is 7.48. The molecule has 2 rings (SSSR count). The van der Waals surface area contributed by atoms with Crippen LogP contribution in [-0.4, -0.2) is 34.0 Å². The molecule has 0 aliphatic carbocycles. The van der Waals surface area contributed by atoms with Crippen molar-refractivity contribution in [2.45, 2.75) is 39.7 Å².